The average Bonchev–Trinajstić information content (AvgIpc) is 2.86. The molecule has 134 valence electrons. The fourth-order valence-electron chi connectivity index (χ4n) is 2.45. The van der Waals surface area contributed by atoms with E-state index >= 15 is 0 Å². The second-order valence-corrected chi connectivity index (χ2v) is 5.79. The van der Waals surface area contributed by atoms with Gasteiger partial charge in [0.2, 0.25) is 0 Å². The normalized spacial score (nSPS) is 13.7. The smallest absolute Gasteiger partial charge is 0.268 e. The largest absolute Gasteiger partial charge is 0.399 e. The third-order valence-corrected chi connectivity index (χ3v) is 4.05. The molecular weight excluding hydrogens is 324 g/mol. The first-order valence-corrected chi connectivity index (χ1v) is 7.91. The molecule has 1 aromatic carbocycles. The van der Waals surface area contributed by atoms with Gasteiger partial charge in [0, 0.05) is 33.2 Å². The van der Waals surface area contributed by atoms with E-state index in [1.807, 2.05) is 11.9 Å². The van der Waals surface area contributed by atoms with Crippen LogP contribution in [0.3, 0.4) is 0 Å². The minimum Gasteiger partial charge on any atom is -0.399 e. The average molecular weight is 346 g/mol. The lowest BCUT2D eigenvalue weighted by molar-refractivity contribution is -0.122. The molecule has 0 atom stereocenters. The molecule has 1 aliphatic heterocycles. The number of likely N-dealkylation sites (N-methyl/N-ethyl adjacent to an activating group) is 2. The van der Waals surface area contributed by atoms with Crippen molar-refractivity contribution in [1.29, 1.82) is 0 Å². The van der Waals surface area contributed by atoms with Gasteiger partial charge in [-0.15, -0.1) is 0 Å². The molecule has 1 aromatic rings. The molecule has 0 saturated carbocycles. The standard InChI is InChI=1S/C17H22N4O4/c1-19(8-10-20(2)15(22)12-18-25-3)9-11-21-16(23)13-6-4-5-7-14(13)17(21)24/h4-7,12H,8-11H2,1-3H3/b18-12+. The Morgan fingerprint density at radius 3 is 2.28 bits per heavy atom. The van der Waals surface area contributed by atoms with E-state index in [1.54, 1.807) is 31.3 Å². The van der Waals surface area contributed by atoms with Crippen molar-refractivity contribution in [1.82, 2.24) is 14.7 Å². The van der Waals surface area contributed by atoms with Gasteiger partial charge in [0.05, 0.1) is 11.1 Å². The molecule has 25 heavy (non-hydrogen) atoms. The quantitative estimate of drug-likeness (QED) is 0.384. The van der Waals surface area contributed by atoms with E-state index in [9.17, 15) is 14.4 Å². The second kappa shape index (κ2) is 8.39. The molecule has 0 aliphatic carbocycles. The van der Waals surface area contributed by atoms with Crippen LogP contribution in [0.15, 0.2) is 29.4 Å². The first-order valence-electron chi connectivity index (χ1n) is 7.91. The maximum atomic E-state index is 12.3. The second-order valence-electron chi connectivity index (χ2n) is 5.79. The fourth-order valence-corrected chi connectivity index (χ4v) is 2.45. The van der Waals surface area contributed by atoms with Crippen molar-refractivity contribution in [3.05, 3.63) is 35.4 Å². The Hall–Kier alpha value is -2.74. The summed E-state index contributed by atoms with van der Waals surface area (Å²) in [6.07, 6.45) is 1.11. The van der Waals surface area contributed by atoms with Crippen molar-refractivity contribution >= 4 is 23.9 Å². The minimum absolute atomic E-state index is 0.253. The third-order valence-electron chi connectivity index (χ3n) is 4.05. The number of carbonyl (C=O) groups excluding carboxylic acids is 3. The number of fused-ring (bicyclic) bond motifs is 1. The van der Waals surface area contributed by atoms with Crippen LogP contribution in [0.25, 0.3) is 0 Å². The van der Waals surface area contributed by atoms with E-state index in [0.29, 0.717) is 37.3 Å². The van der Waals surface area contributed by atoms with Crippen molar-refractivity contribution in [2.24, 2.45) is 5.16 Å². The molecule has 0 spiro atoms. The van der Waals surface area contributed by atoms with Gasteiger partial charge in [0.1, 0.15) is 13.3 Å². The lowest BCUT2D eigenvalue weighted by Gasteiger charge is -2.23. The summed E-state index contributed by atoms with van der Waals surface area (Å²) in [4.78, 5) is 45.5. The third kappa shape index (κ3) is 4.42. The molecule has 8 nitrogen and oxygen atoms in total. The summed E-state index contributed by atoms with van der Waals surface area (Å²) >= 11 is 0. The molecule has 0 fully saturated rings. The Kier molecular flexibility index (Phi) is 6.24. The number of benzene rings is 1. The minimum atomic E-state index is -0.254. The summed E-state index contributed by atoms with van der Waals surface area (Å²) in [7, 11) is 4.92. The molecule has 0 radical (unpaired) electrons. The van der Waals surface area contributed by atoms with Gasteiger partial charge in [0.25, 0.3) is 17.7 Å². The molecule has 1 aliphatic rings. The maximum absolute atomic E-state index is 12.3. The fraction of sp³-hybridized carbons (Fsp3) is 0.412. The Morgan fingerprint density at radius 1 is 1.12 bits per heavy atom. The predicted molar refractivity (Wildman–Crippen MR) is 92.4 cm³/mol. The SMILES string of the molecule is CO/N=C/C(=O)N(C)CCN(C)CCN1C(=O)c2ccccc2C1=O. The number of carbonyl (C=O) groups is 3. The van der Waals surface area contributed by atoms with Gasteiger partial charge >= 0.3 is 0 Å². The van der Waals surface area contributed by atoms with Gasteiger partial charge in [-0.1, -0.05) is 17.3 Å². The first kappa shape index (κ1) is 18.6. The zero-order chi connectivity index (χ0) is 18.4. The van der Waals surface area contributed by atoms with E-state index in [2.05, 4.69) is 9.99 Å². The van der Waals surface area contributed by atoms with Gasteiger partial charge in [-0.3, -0.25) is 19.3 Å². The van der Waals surface area contributed by atoms with Crippen molar-refractivity contribution in [2.45, 2.75) is 0 Å². The maximum Gasteiger partial charge on any atom is 0.268 e. The molecule has 0 unspecified atom stereocenters. The van der Waals surface area contributed by atoms with Gasteiger partial charge < -0.3 is 14.6 Å². The van der Waals surface area contributed by atoms with E-state index < -0.39 is 0 Å². The summed E-state index contributed by atoms with van der Waals surface area (Å²) < 4.78 is 0. The zero-order valence-electron chi connectivity index (χ0n) is 14.6. The summed E-state index contributed by atoms with van der Waals surface area (Å²) in [5, 5.41) is 3.43. The highest BCUT2D eigenvalue weighted by atomic mass is 16.6. The number of rotatable bonds is 8. The number of oxime groups is 1. The number of hydrogen-bond donors (Lipinski definition) is 0. The van der Waals surface area contributed by atoms with Crippen LogP contribution < -0.4 is 0 Å². The van der Waals surface area contributed by atoms with E-state index in [1.165, 1.54) is 16.9 Å². The van der Waals surface area contributed by atoms with E-state index in [-0.39, 0.29) is 17.7 Å². The molecule has 0 saturated heterocycles. The number of nitrogens with zero attached hydrogens (tertiary/aromatic N) is 4. The highest BCUT2D eigenvalue weighted by Gasteiger charge is 2.34. The van der Waals surface area contributed by atoms with E-state index in [0.717, 1.165) is 6.21 Å². The summed E-state index contributed by atoms with van der Waals surface area (Å²) in [6, 6.07) is 6.83. The van der Waals surface area contributed by atoms with Crippen molar-refractivity contribution in [3.8, 4) is 0 Å². The highest BCUT2D eigenvalue weighted by Crippen LogP contribution is 2.21. The molecule has 8 heteroatoms. The van der Waals surface area contributed by atoms with Gasteiger partial charge in [-0.05, 0) is 19.2 Å². The Balaban J connectivity index is 1.80. The van der Waals surface area contributed by atoms with Crippen LogP contribution in [0.5, 0.6) is 0 Å². The Labute approximate surface area is 146 Å². The summed E-state index contributed by atoms with van der Waals surface area (Å²) in [5.74, 6) is -0.759. The molecule has 0 N–H and O–H groups in total. The van der Waals surface area contributed by atoms with Gasteiger partial charge in [-0.25, -0.2) is 0 Å². The topological polar surface area (TPSA) is 82.5 Å². The van der Waals surface area contributed by atoms with Crippen LogP contribution in [0, 0.1) is 0 Å². The lowest BCUT2D eigenvalue weighted by Crippen LogP contribution is -2.40. The monoisotopic (exact) mass is 346 g/mol. The van der Waals surface area contributed by atoms with Crippen LogP contribution in [0.1, 0.15) is 20.7 Å². The molecule has 2 rings (SSSR count). The number of hydrogen-bond acceptors (Lipinski definition) is 6. The Morgan fingerprint density at radius 2 is 1.72 bits per heavy atom. The first-order chi connectivity index (χ1) is 12.0. The van der Waals surface area contributed by atoms with E-state index in [4.69, 9.17) is 0 Å². The van der Waals surface area contributed by atoms with Gasteiger partial charge in [-0.2, -0.15) is 0 Å². The van der Waals surface area contributed by atoms with Crippen molar-refractivity contribution in [2.75, 3.05) is 47.4 Å². The molecule has 0 bridgehead atoms. The Bertz CT molecular complexity index is 654. The van der Waals surface area contributed by atoms with Crippen molar-refractivity contribution in [3.63, 3.8) is 0 Å². The number of amides is 3. The lowest BCUT2D eigenvalue weighted by atomic mass is 10.1. The van der Waals surface area contributed by atoms with Crippen LogP contribution >= 0.6 is 0 Å². The summed E-state index contributed by atoms with van der Waals surface area (Å²) in [5.41, 5.74) is 0.913. The molecular formula is C17H22N4O4. The van der Waals surface area contributed by atoms with Crippen LogP contribution in [-0.2, 0) is 9.63 Å². The predicted octanol–water partition coefficient (Wildman–Crippen LogP) is 0.305. The van der Waals surface area contributed by atoms with Crippen LogP contribution in [-0.4, -0.2) is 86.0 Å². The molecule has 3 amide bonds. The van der Waals surface area contributed by atoms with Gasteiger partial charge in [0.15, 0.2) is 0 Å². The molecule has 1 heterocycles. The van der Waals surface area contributed by atoms with Crippen molar-refractivity contribution < 1.29 is 19.2 Å². The highest BCUT2D eigenvalue weighted by molar-refractivity contribution is 6.25. The number of imide groups is 1. The van der Waals surface area contributed by atoms with Crippen LogP contribution in [0.4, 0.5) is 0 Å². The zero-order valence-corrected chi connectivity index (χ0v) is 14.6. The molecule has 0 aromatic heterocycles. The summed E-state index contributed by atoms with van der Waals surface area (Å²) in [6.45, 7) is 1.94. The van der Waals surface area contributed by atoms with Crippen LogP contribution in [0.2, 0.25) is 0 Å².